The number of carbonyl (C=O) groups is 1. The maximum Gasteiger partial charge on any atom is 0.223 e. The standard InChI is InChI=1S/C24H32N6O2/c1-2-8-21-11-6-12-22(20-9-4-3-5-10-20)30(21)24(31)13-7-14-29-23(25-26-27-29)19-28-15-17-32-18-16-28/h2-6,9-10,12,21-22H,1,7-8,11,13-19H2/t21-,22+/m1/s1. The monoisotopic (exact) mass is 436 g/mol. The lowest BCUT2D eigenvalue weighted by Gasteiger charge is -2.39. The zero-order chi connectivity index (χ0) is 22.2. The Bertz CT molecular complexity index is 906. The number of carbonyl (C=O) groups excluding carboxylic acids is 1. The van der Waals surface area contributed by atoms with Gasteiger partial charge in [-0.2, -0.15) is 0 Å². The number of tetrazole rings is 1. The Morgan fingerprint density at radius 1 is 1.22 bits per heavy atom. The molecule has 1 aromatic carbocycles. The Hall–Kier alpha value is -2.84. The predicted octanol–water partition coefficient (Wildman–Crippen LogP) is 2.76. The lowest BCUT2D eigenvalue weighted by atomic mass is 9.94. The van der Waals surface area contributed by atoms with Crippen LogP contribution in [-0.4, -0.2) is 68.3 Å². The average molecular weight is 437 g/mol. The van der Waals surface area contributed by atoms with Gasteiger partial charge in [0.05, 0.1) is 25.8 Å². The SMILES string of the molecule is C=CC[C@@H]1CC=C[C@@H](c2ccccc2)N1C(=O)CCCn1nnnc1CN1CCOCC1. The molecule has 3 heterocycles. The average Bonchev–Trinajstić information content (AvgIpc) is 3.27. The van der Waals surface area contributed by atoms with Gasteiger partial charge in [0, 0.05) is 32.1 Å². The van der Waals surface area contributed by atoms with Crippen molar-refractivity contribution in [2.24, 2.45) is 0 Å². The van der Waals surface area contributed by atoms with Crippen molar-refractivity contribution in [2.75, 3.05) is 26.3 Å². The highest BCUT2D eigenvalue weighted by Crippen LogP contribution is 2.32. The van der Waals surface area contributed by atoms with Crippen LogP contribution in [0.2, 0.25) is 0 Å². The van der Waals surface area contributed by atoms with E-state index in [2.05, 4.69) is 51.3 Å². The fraction of sp³-hybridized carbons (Fsp3) is 0.500. The van der Waals surface area contributed by atoms with Crippen molar-refractivity contribution in [3.8, 4) is 0 Å². The zero-order valence-electron chi connectivity index (χ0n) is 18.6. The molecule has 32 heavy (non-hydrogen) atoms. The zero-order valence-corrected chi connectivity index (χ0v) is 18.6. The molecule has 0 radical (unpaired) electrons. The summed E-state index contributed by atoms with van der Waals surface area (Å²) >= 11 is 0. The summed E-state index contributed by atoms with van der Waals surface area (Å²) in [6, 6.07) is 10.3. The van der Waals surface area contributed by atoms with Crippen LogP contribution in [0.5, 0.6) is 0 Å². The summed E-state index contributed by atoms with van der Waals surface area (Å²) in [6.07, 6.45) is 9.05. The Morgan fingerprint density at radius 2 is 2.03 bits per heavy atom. The first kappa shape index (κ1) is 22.4. The molecule has 0 saturated carbocycles. The molecule has 2 aromatic rings. The van der Waals surface area contributed by atoms with Crippen LogP contribution >= 0.6 is 0 Å². The van der Waals surface area contributed by atoms with Crippen molar-refractivity contribution >= 4 is 5.91 Å². The van der Waals surface area contributed by atoms with E-state index in [-0.39, 0.29) is 18.0 Å². The summed E-state index contributed by atoms with van der Waals surface area (Å²) < 4.78 is 7.24. The fourth-order valence-electron chi connectivity index (χ4n) is 4.46. The van der Waals surface area contributed by atoms with E-state index in [4.69, 9.17) is 4.74 Å². The van der Waals surface area contributed by atoms with E-state index in [1.54, 1.807) is 0 Å². The fourth-order valence-corrected chi connectivity index (χ4v) is 4.46. The maximum absolute atomic E-state index is 13.4. The molecule has 0 N–H and O–H groups in total. The van der Waals surface area contributed by atoms with Gasteiger partial charge in [0.15, 0.2) is 5.82 Å². The number of hydrogen-bond donors (Lipinski definition) is 0. The number of amides is 1. The highest BCUT2D eigenvalue weighted by atomic mass is 16.5. The van der Waals surface area contributed by atoms with Gasteiger partial charge in [-0.25, -0.2) is 4.68 Å². The van der Waals surface area contributed by atoms with Crippen molar-refractivity contribution in [1.29, 1.82) is 0 Å². The Balaban J connectivity index is 1.38. The summed E-state index contributed by atoms with van der Waals surface area (Å²) in [6.45, 7) is 8.50. The highest BCUT2D eigenvalue weighted by molar-refractivity contribution is 5.77. The smallest absolute Gasteiger partial charge is 0.223 e. The first-order valence-corrected chi connectivity index (χ1v) is 11.4. The molecular formula is C24H32N6O2. The second-order valence-electron chi connectivity index (χ2n) is 8.31. The predicted molar refractivity (Wildman–Crippen MR) is 122 cm³/mol. The van der Waals surface area contributed by atoms with Crippen LogP contribution in [0.1, 0.15) is 43.1 Å². The van der Waals surface area contributed by atoms with Crippen LogP contribution in [0.15, 0.2) is 55.1 Å². The van der Waals surface area contributed by atoms with Gasteiger partial charge in [0.1, 0.15) is 0 Å². The lowest BCUT2D eigenvalue weighted by Crippen LogP contribution is -2.43. The minimum atomic E-state index is -0.0349. The third kappa shape index (κ3) is 5.49. The molecule has 2 aliphatic rings. The molecule has 8 nitrogen and oxygen atoms in total. The maximum atomic E-state index is 13.4. The van der Waals surface area contributed by atoms with Crippen LogP contribution in [0.4, 0.5) is 0 Å². The summed E-state index contributed by atoms with van der Waals surface area (Å²) in [7, 11) is 0. The molecule has 1 fully saturated rings. The minimum absolute atomic E-state index is 0.0349. The van der Waals surface area contributed by atoms with E-state index in [0.717, 1.165) is 50.5 Å². The summed E-state index contributed by atoms with van der Waals surface area (Å²) in [5.74, 6) is 1.00. The first-order valence-electron chi connectivity index (χ1n) is 11.4. The first-order chi connectivity index (χ1) is 15.8. The van der Waals surface area contributed by atoms with Gasteiger partial charge in [-0.1, -0.05) is 48.6 Å². The second kappa shape index (κ2) is 11.2. The molecule has 1 amide bonds. The normalized spacial score (nSPS) is 21.6. The van der Waals surface area contributed by atoms with Crippen molar-refractivity contribution < 1.29 is 9.53 Å². The molecule has 4 rings (SSSR count). The van der Waals surface area contributed by atoms with Crippen molar-refractivity contribution in [3.05, 3.63) is 66.5 Å². The van der Waals surface area contributed by atoms with Crippen LogP contribution in [0, 0.1) is 0 Å². The molecule has 0 bridgehead atoms. The van der Waals surface area contributed by atoms with Crippen LogP contribution in [-0.2, 0) is 22.6 Å². The molecule has 170 valence electrons. The van der Waals surface area contributed by atoms with E-state index in [1.807, 2.05) is 33.9 Å². The van der Waals surface area contributed by atoms with E-state index in [0.29, 0.717) is 25.9 Å². The molecule has 1 saturated heterocycles. The number of ether oxygens (including phenoxy) is 1. The Morgan fingerprint density at radius 3 is 2.81 bits per heavy atom. The van der Waals surface area contributed by atoms with Gasteiger partial charge in [0.2, 0.25) is 5.91 Å². The number of aryl methyl sites for hydroxylation is 1. The van der Waals surface area contributed by atoms with Gasteiger partial charge in [0.25, 0.3) is 0 Å². The Kier molecular flexibility index (Phi) is 7.79. The van der Waals surface area contributed by atoms with Gasteiger partial charge >= 0.3 is 0 Å². The number of hydrogen-bond acceptors (Lipinski definition) is 6. The molecule has 0 spiro atoms. The quantitative estimate of drug-likeness (QED) is 0.563. The van der Waals surface area contributed by atoms with Crippen molar-refractivity contribution in [2.45, 2.75) is 50.9 Å². The van der Waals surface area contributed by atoms with Gasteiger partial charge in [-0.3, -0.25) is 9.69 Å². The number of rotatable bonds is 9. The molecule has 8 heteroatoms. The topological polar surface area (TPSA) is 76.4 Å². The molecule has 2 atom stereocenters. The molecular weight excluding hydrogens is 404 g/mol. The van der Waals surface area contributed by atoms with E-state index in [9.17, 15) is 4.79 Å². The number of benzene rings is 1. The van der Waals surface area contributed by atoms with Crippen LogP contribution < -0.4 is 0 Å². The van der Waals surface area contributed by atoms with Crippen molar-refractivity contribution in [1.82, 2.24) is 30.0 Å². The van der Waals surface area contributed by atoms with E-state index < -0.39 is 0 Å². The van der Waals surface area contributed by atoms with E-state index in [1.165, 1.54) is 0 Å². The van der Waals surface area contributed by atoms with Gasteiger partial charge in [-0.05, 0) is 35.3 Å². The third-order valence-corrected chi connectivity index (χ3v) is 6.12. The second-order valence-corrected chi connectivity index (χ2v) is 8.31. The minimum Gasteiger partial charge on any atom is -0.379 e. The summed E-state index contributed by atoms with van der Waals surface area (Å²) in [5.41, 5.74) is 1.14. The number of aromatic nitrogens is 4. The molecule has 1 aromatic heterocycles. The van der Waals surface area contributed by atoms with Crippen molar-refractivity contribution in [3.63, 3.8) is 0 Å². The summed E-state index contributed by atoms with van der Waals surface area (Å²) in [4.78, 5) is 17.7. The van der Waals surface area contributed by atoms with Crippen LogP contribution in [0.25, 0.3) is 0 Å². The lowest BCUT2D eigenvalue weighted by molar-refractivity contribution is -0.135. The highest BCUT2D eigenvalue weighted by Gasteiger charge is 2.31. The number of nitrogens with zero attached hydrogens (tertiary/aromatic N) is 6. The largest absolute Gasteiger partial charge is 0.379 e. The third-order valence-electron chi connectivity index (χ3n) is 6.12. The molecule has 0 unspecified atom stereocenters. The molecule has 0 aliphatic carbocycles. The Labute approximate surface area is 189 Å². The molecule has 2 aliphatic heterocycles. The van der Waals surface area contributed by atoms with E-state index >= 15 is 0 Å². The summed E-state index contributed by atoms with van der Waals surface area (Å²) in [5, 5.41) is 12.2. The number of morpholine rings is 1. The van der Waals surface area contributed by atoms with Crippen LogP contribution in [0.3, 0.4) is 0 Å². The van der Waals surface area contributed by atoms with Gasteiger partial charge < -0.3 is 9.64 Å². The van der Waals surface area contributed by atoms with Gasteiger partial charge in [-0.15, -0.1) is 11.7 Å².